The normalized spacial score (nSPS) is 10.4. The number of aromatic hydroxyl groups is 1. The highest BCUT2D eigenvalue weighted by Gasteiger charge is 2.03. The summed E-state index contributed by atoms with van der Waals surface area (Å²) in [6.45, 7) is 1.16. The van der Waals surface area contributed by atoms with Crippen LogP contribution in [0, 0.1) is 0 Å². The fourth-order valence-corrected chi connectivity index (χ4v) is 1.59. The van der Waals surface area contributed by atoms with Crippen molar-refractivity contribution in [2.45, 2.75) is 13.1 Å². The van der Waals surface area contributed by atoms with E-state index in [1.807, 2.05) is 30.3 Å². The van der Waals surface area contributed by atoms with E-state index < -0.39 is 5.56 Å². The molecule has 4 heteroatoms. The Bertz CT molecular complexity index is 535. The van der Waals surface area contributed by atoms with Crippen LogP contribution in [0.15, 0.2) is 47.4 Å². The Morgan fingerprint density at radius 3 is 2.65 bits per heavy atom. The minimum Gasteiger partial charge on any atom is -0.503 e. The van der Waals surface area contributed by atoms with E-state index in [0.717, 1.165) is 5.56 Å². The molecule has 0 atom stereocenters. The lowest BCUT2D eigenvalue weighted by atomic mass is 10.2. The first-order valence-electron chi connectivity index (χ1n) is 5.41. The number of rotatable bonds is 4. The molecule has 0 saturated heterocycles. The van der Waals surface area contributed by atoms with Crippen LogP contribution in [0.5, 0.6) is 5.75 Å². The predicted molar refractivity (Wildman–Crippen MR) is 65.7 cm³/mol. The fraction of sp³-hybridized carbons (Fsp3) is 0.154. The summed E-state index contributed by atoms with van der Waals surface area (Å²) in [6, 6.07) is 11.6. The first-order valence-corrected chi connectivity index (χ1v) is 5.41. The Balaban J connectivity index is 1.95. The van der Waals surface area contributed by atoms with Crippen LogP contribution in [0.2, 0.25) is 0 Å². The van der Waals surface area contributed by atoms with Crippen molar-refractivity contribution in [2.24, 2.45) is 0 Å². The van der Waals surface area contributed by atoms with Gasteiger partial charge in [-0.3, -0.25) is 4.79 Å². The number of nitrogens with one attached hydrogen (secondary N) is 2. The third kappa shape index (κ3) is 2.95. The van der Waals surface area contributed by atoms with E-state index in [2.05, 4.69) is 10.3 Å². The summed E-state index contributed by atoms with van der Waals surface area (Å²) in [5.74, 6) is -0.215. The second-order valence-corrected chi connectivity index (χ2v) is 3.77. The summed E-state index contributed by atoms with van der Waals surface area (Å²) in [7, 11) is 0. The highest BCUT2D eigenvalue weighted by Crippen LogP contribution is 2.08. The molecule has 4 nitrogen and oxygen atoms in total. The number of benzene rings is 1. The summed E-state index contributed by atoms with van der Waals surface area (Å²) in [5.41, 5.74) is 1.31. The molecule has 0 radical (unpaired) electrons. The van der Waals surface area contributed by atoms with Crippen LogP contribution in [-0.4, -0.2) is 10.1 Å². The third-order valence-electron chi connectivity index (χ3n) is 2.51. The third-order valence-corrected chi connectivity index (χ3v) is 2.51. The van der Waals surface area contributed by atoms with Crippen LogP contribution < -0.4 is 10.9 Å². The Kier molecular flexibility index (Phi) is 3.57. The molecule has 2 rings (SSSR count). The monoisotopic (exact) mass is 230 g/mol. The maximum absolute atomic E-state index is 11.1. The highest BCUT2D eigenvalue weighted by molar-refractivity contribution is 5.28. The Hall–Kier alpha value is -2.07. The van der Waals surface area contributed by atoms with Gasteiger partial charge in [0, 0.05) is 24.8 Å². The zero-order valence-corrected chi connectivity index (χ0v) is 9.31. The van der Waals surface area contributed by atoms with Gasteiger partial charge in [-0.2, -0.15) is 0 Å². The molecule has 1 aromatic carbocycles. The highest BCUT2D eigenvalue weighted by atomic mass is 16.3. The smallest absolute Gasteiger partial charge is 0.290 e. The molecule has 1 heterocycles. The van der Waals surface area contributed by atoms with Crippen LogP contribution in [0.25, 0.3) is 0 Å². The van der Waals surface area contributed by atoms with Gasteiger partial charge in [0.2, 0.25) is 0 Å². The number of pyridine rings is 1. The average Bonchev–Trinajstić information content (AvgIpc) is 2.36. The quantitative estimate of drug-likeness (QED) is 0.743. The van der Waals surface area contributed by atoms with Crippen molar-refractivity contribution in [1.82, 2.24) is 10.3 Å². The molecular formula is C13H14N2O2. The maximum atomic E-state index is 11.1. The lowest BCUT2D eigenvalue weighted by Gasteiger charge is -2.06. The van der Waals surface area contributed by atoms with E-state index in [-0.39, 0.29) is 5.75 Å². The fourth-order valence-electron chi connectivity index (χ4n) is 1.59. The second-order valence-electron chi connectivity index (χ2n) is 3.77. The van der Waals surface area contributed by atoms with Crippen molar-refractivity contribution in [3.63, 3.8) is 0 Å². The van der Waals surface area contributed by atoms with Gasteiger partial charge in [-0.05, 0) is 11.6 Å². The first kappa shape index (κ1) is 11.4. The van der Waals surface area contributed by atoms with Gasteiger partial charge in [-0.25, -0.2) is 0 Å². The average molecular weight is 230 g/mol. The summed E-state index contributed by atoms with van der Waals surface area (Å²) >= 11 is 0. The van der Waals surface area contributed by atoms with Crippen molar-refractivity contribution in [3.05, 3.63) is 64.1 Å². The molecule has 17 heavy (non-hydrogen) atoms. The molecule has 88 valence electrons. The van der Waals surface area contributed by atoms with Gasteiger partial charge in [0.25, 0.3) is 5.56 Å². The van der Waals surface area contributed by atoms with Crippen LogP contribution >= 0.6 is 0 Å². The zero-order chi connectivity index (χ0) is 12.1. The molecule has 0 saturated carbocycles. The van der Waals surface area contributed by atoms with E-state index in [9.17, 15) is 9.90 Å². The van der Waals surface area contributed by atoms with Crippen molar-refractivity contribution < 1.29 is 5.11 Å². The summed E-state index contributed by atoms with van der Waals surface area (Å²) in [4.78, 5) is 13.6. The topological polar surface area (TPSA) is 65.1 Å². The standard InChI is InChI=1S/C13H14N2O2/c16-12-11(6-7-15-13(12)17)9-14-8-10-4-2-1-3-5-10/h1-7,14,16H,8-9H2,(H,15,17). The van der Waals surface area contributed by atoms with Crippen molar-refractivity contribution in [3.8, 4) is 5.75 Å². The van der Waals surface area contributed by atoms with E-state index >= 15 is 0 Å². The van der Waals surface area contributed by atoms with Crippen LogP contribution in [0.4, 0.5) is 0 Å². The zero-order valence-electron chi connectivity index (χ0n) is 9.31. The molecule has 0 amide bonds. The van der Waals surface area contributed by atoms with Crippen molar-refractivity contribution in [1.29, 1.82) is 0 Å². The molecular weight excluding hydrogens is 216 g/mol. The van der Waals surface area contributed by atoms with Crippen LogP contribution in [0.1, 0.15) is 11.1 Å². The molecule has 0 aliphatic rings. The Labute approximate surface area is 98.9 Å². The summed E-state index contributed by atoms with van der Waals surface area (Å²) in [6.07, 6.45) is 1.53. The number of H-pyrrole nitrogens is 1. The number of hydrogen-bond acceptors (Lipinski definition) is 3. The van der Waals surface area contributed by atoms with E-state index in [1.165, 1.54) is 6.20 Å². The summed E-state index contributed by atoms with van der Waals surface area (Å²) < 4.78 is 0. The van der Waals surface area contributed by atoms with Gasteiger partial charge < -0.3 is 15.4 Å². The van der Waals surface area contributed by atoms with Gasteiger partial charge in [0.1, 0.15) is 0 Å². The number of aromatic nitrogens is 1. The molecule has 0 unspecified atom stereocenters. The van der Waals surface area contributed by atoms with Crippen molar-refractivity contribution >= 4 is 0 Å². The summed E-state index contributed by atoms with van der Waals surface area (Å²) in [5, 5.41) is 12.7. The lowest BCUT2D eigenvalue weighted by molar-refractivity contribution is 0.455. The molecule has 0 bridgehead atoms. The molecule has 0 aliphatic heterocycles. The van der Waals surface area contributed by atoms with E-state index in [1.54, 1.807) is 6.07 Å². The minimum absolute atomic E-state index is 0.215. The van der Waals surface area contributed by atoms with Crippen LogP contribution in [0.3, 0.4) is 0 Å². The number of aromatic amines is 1. The molecule has 1 aromatic heterocycles. The largest absolute Gasteiger partial charge is 0.503 e. The molecule has 0 aliphatic carbocycles. The van der Waals surface area contributed by atoms with E-state index in [0.29, 0.717) is 18.7 Å². The Morgan fingerprint density at radius 1 is 1.12 bits per heavy atom. The van der Waals surface area contributed by atoms with Gasteiger partial charge in [0.05, 0.1) is 0 Å². The van der Waals surface area contributed by atoms with Gasteiger partial charge in [-0.1, -0.05) is 30.3 Å². The Morgan fingerprint density at radius 2 is 1.88 bits per heavy atom. The van der Waals surface area contributed by atoms with Gasteiger partial charge >= 0.3 is 0 Å². The maximum Gasteiger partial charge on any atom is 0.290 e. The predicted octanol–water partition coefficient (Wildman–Crippen LogP) is 1.37. The van der Waals surface area contributed by atoms with Gasteiger partial charge in [0.15, 0.2) is 5.75 Å². The lowest BCUT2D eigenvalue weighted by Crippen LogP contribution is -2.15. The number of hydrogen-bond donors (Lipinski definition) is 3. The SMILES string of the molecule is O=c1[nH]ccc(CNCc2ccccc2)c1O. The second kappa shape index (κ2) is 5.32. The molecule has 3 N–H and O–H groups in total. The molecule has 2 aromatic rings. The molecule has 0 fully saturated rings. The molecule has 0 spiro atoms. The van der Waals surface area contributed by atoms with Gasteiger partial charge in [-0.15, -0.1) is 0 Å². The van der Waals surface area contributed by atoms with E-state index in [4.69, 9.17) is 0 Å². The van der Waals surface area contributed by atoms with Crippen molar-refractivity contribution in [2.75, 3.05) is 0 Å². The van der Waals surface area contributed by atoms with Crippen LogP contribution in [-0.2, 0) is 13.1 Å². The first-order chi connectivity index (χ1) is 8.27. The minimum atomic E-state index is -0.455.